The van der Waals surface area contributed by atoms with E-state index in [1.54, 1.807) is 24.4 Å². The van der Waals surface area contributed by atoms with Crippen molar-refractivity contribution in [2.24, 2.45) is 0 Å². The quantitative estimate of drug-likeness (QED) is 0.758. The number of aliphatic hydroxyl groups is 1. The minimum atomic E-state index is -0.481. The van der Waals surface area contributed by atoms with Gasteiger partial charge in [-0.25, -0.2) is 9.78 Å². The smallest absolute Gasteiger partial charge is 0.407 e. The second kappa shape index (κ2) is 8.55. The van der Waals surface area contributed by atoms with E-state index in [9.17, 15) is 4.79 Å². The Balaban J connectivity index is 1.74. The highest BCUT2D eigenvalue weighted by atomic mass is 16.5. The standard InChI is InChI=1S/C17H19N3O3/c18-16-15(11-21)9-14(10-20-16)7-4-8-19-17(22)23-12-13-5-2-1-3-6-13/h1-7,9-10,21H,8,11-12H2,(H2,18,20)(H,19,22). The number of aromatic nitrogens is 1. The van der Waals surface area contributed by atoms with E-state index >= 15 is 0 Å². The van der Waals surface area contributed by atoms with Crippen LogP contribution in [0, 0.1) is 0 Å². The van der Waals surface area contributed by atoms with Gasteiger partial charge in [0.15, 0.2) is 0 Å². The van der Waals surface area contributed by atoms with Crippen LogP contribution >= 0.6 is 0 Å². The van der Waals surface area contributed by atoms with Gasteiger partial charge in [0.25, 0.3) is 0 Å². The molecule has 6 heteroatoms. The Morgan fingerprint density at radius 1 is 1.35 bits per heavy atom. The second-order valence-electron chi connectivity index (χ2n) is 4.82. The molecular formula is C17H19N3O3. The third-order valence-corrected chi connectivity index (χ3v) is 3.08. The van der Waals surface area contributed by atoms with E-state index in [0.29, 0.717) is 17.9 Å². The maximum Gasteiger partial charge on any atom is 0.407 e. The molecule has 0 aliphatic heterocycles. The number of benzene rings is 1. The van der Waals surface area contributed by atoms with Crippen molar-refractivity contribution >= 4 is 18.0 Å². The van der Waals surface area contributed by atoms with Crippen molar-refractivity contribution in [2.75, 3.05) is 12.3 Å². The Morgan fingerprint density at radius 2 is 2.13 bits per heavy atom. The summed E-state index contributed by atoms with van der Waals surface area (Å²) in [7, 11) is 0. The van der Waals surface area contributed by atoms with Crippen LogP contribution < -0.4 is 11.1 Å². The lowest BCUT2D eigenvalue weighted by molar-refractivity contribution is 0.141. The lowest BCUT2D eigenvalue weighted by Crippen LogP contribution is -2.24. The lowest BCUT2D eigenvalue weighted by Gasteiger charge is -2.05. The molecule has 0 saturated heterocycles. The molecule has 2 rings (SSSR count). The van der Waals surface area contributed by atoms with Gasteiger partial charge < -0.3 is 20.9 Å². The van der Waals surface area contributed by atoms with E-state index < -0.39 is 6.09 Å². The topological polar surface area (TPSA) is 97.5 Å². The van der Waals surface area contributed by atoms with E-state index in [2.05, 4.69) is 10.3 Å². The number of ether oxygens (including phenoxy) is 1. The van der Waals surface area contributed by atoms with Crippen LogP contribution in [0.15, 0.2) is 48.7 Å². The minimum Gasteiger partial charge on any atom is -0.445 e. The SMILES string of the molecule is Nc1ncc(C=CCNC(=O)OCc2ccccc2)cc1CO. The maximum atomic E-state index is 11.5. The molecule has 0 saturated carbocycles. The number of hydrogen-bond donors (Lipinski definition) is 3. The number of carbonyl (C=O) groups is 1. The molecule has 0 spiro atoms. The molecule has 0 atom stereocenters. The Kier molecular flexibility index (Phi) is 6.14. The van der Waals surface area contributed by atoms with Crippen LogP contribution in [0.1, 0.15) is 16.7 Å². The van der Waals surface area contributed by atoms with Gasteiger partial charge in [0.2, 0.25) is 0 Å². The molecule has 0 fully saturated rings. The monoisotopic (exact) mass is 313 g/mol. The molecule has 1 heterocycles. The molecule has 120 valence electrons. The molecular weight excluding hydrogens is 294 g/mol. The number of nitrogens with one attached hydrogen (secondary N) is 1. The van der Waals surface area contributed by atoms with Gasteiger partial charge in [-0.05, 0) is 17.2 Å². The third-order valence-electron chi connectivity index (χ3n) is 3.08. The summed E-state index contributed by atoms with van der Waals surface area (Å²) in [5.74, 6) is 0.312. The zero-order chi connectivity index (χ0) is 16.5. The molecule has 1 amide bonds. The summed E-state index contributed by atoms with van der Waals surface area (Å²) in [6, 6.07) is 11.2. The number of amides is 1. The minimum absolute atomic E-state index is 0.162. The average molecular weight is 313 g/mol. The van der Waals surface area contributed by atoms with Crippen molar-refractivity contribution in [2.45, 2.75) is 13.2 Å². The van der Waals surface area contributed by atoms with Gasteiger partial charge in [-0.3, -0.25) is 0 Å². The first-order chi connectivity index (χ1) is 11.2. The molecule has 6 nitrogen and oxygen atoms in total. The van der Waals surface area contributed by atoms with Crippen molar-refractivity contribution < 1.29 is 14.6 Å². The van der Waals surface area contributed by atoms with E-state index in [-0.39, 0.29) is 13.2 Å². The first-order valence-electron chi connectivity index (χ1n) is 7.15. The summed E-state index contributed by atoms with van der Waals surface area (Å²) in [5.41, 5.74) is 7.91. The van der Waals surface area contributed by atoms with Crippen molar-refractivity contribution in [3.05, 3.63) is 65.4 Å². The predicted molar refractivity (Wildman–Crippen MR) is 88.2 cm³/mol. The zero-order valence-electron chi connectivity index (χ0n) is 12.6. The van der Waals surface area contributed by atoms with Crippen LogP contribution in [0.25, 0.3) is 6.08 Å². The van der Waals surface area contributed by atoms with Gasteiger partial charge in [0.05, 0.1) is 6.61 Å². The van der Waals surface area contributed by atoms with Crippen LogP contribution in [-0.4, -0.2) is 22.7 Å². The summed E-state index contributed by atoms with van der Waals surface area (Å²) in [4.78, 5) is 15.5. The molecule has 1 aromatic carbocycles. The number of nitrogens with zero attached hydrogens (tertiary/aromatic N) is 1. The number of aliphatic hydroxyl groups excluding tert-OH is 1. The Hall–Kier alpha value is -2.86. The number of hydrogen-bond acceptors (Lipinski definition) is 5. The summed E-state index contributed by atoms with van der Waals surface area (Å²) in [5, 5.41) is 11.7. The molecule has 0 bridgehead atoms. The van der Waals surface area contributed by atoms with Gasteiger partial charge in [-0.15, -0.1) is 0 Å². The highest BCUT2D eigenvalue weighted by Gasteiger charge is 2.01. The summed E-state index contributed by atoms with van der Waals surface area (Å²) in [6.45, 7) is 0.398. The first kappa shape index (κ1) is 16.5. The van der Waals surface area contributed by atoms with Crippen molar-refractivity contribution in [3.63, 3.8) is 0 Å². The Bertz CT molecular complexity index is 672. The maximum absolute atomic E-state index is 11.5. The fourth-order valence-corrected chi connectivity index (χ4v) is 1.87. The van der Waals surface area contributed by atoms with Crippen LogP contribution in [0.4, 0.5) is 10.6 Å². The Labute approximate surface area is 134 Å². The molecule has 4 N–H and O–H groups in total. The number of pyridine rings is 1. The number of nitrogen functional groups attached to an aromatic ring is 1. The third kappa shape index (κ3) is 5.44. The Morgan fingerprint density at radius 3 is 2.87 bits per heavy atom. The van der Waals surface area contributed by atoms with Crippen LogP contribution in [0.3, 0.4) is 0 Å². The largest absolute Gasteiger partial charge is 0.445 e. The van der Waals surface area contributed by atoms with Gasteiger partial charge >= 0.3 is 6.09 Å². The van der Waals surface area contributed by atoms with E-state index in [1.807, 2.05) is 30.3 Å². The molecule has 2 aromatic rings. The molecule has 1 aromatic heterocycles. The highest BCUT2D eigenvalue weighted by molar-refractivity contribution is 5.67. The van der Waals surface area contributed by atoms with Crippen molar-refractivity contribution in [3.8, 4) is 0 Å². The molecule has 0 aliphatic rings. The number of carbonyl (C=O) groups excluding carboxylic acids is 1. The van der Waals surface area contributed by atoms with Gasteiger partial charge in [-0.2, -0.15) is 0 Å². The fraction of sp³-hybridized carbons (Fsp3) is 0.176. The second-order valence-corrected chi connectivity index (χ2v) is 4.82. The summed E-state index contributed by atoms with van der Waals surface area (Å²) in [6.07, 6.45) is 4.66. The van der Waals surface area contributed by atoms with Crippen LogP contribution in [-0.2, 0) is 18.0 Å². The summed E-state index contributed by atoms with van der Waals surface area (Å²) >= 11 is 0. The lowest BCUT2D eigenvalue weighted by atomic mass is 10.2. The first-order valence-corrected chi connectivity index (χ1v) is 7.15. The van der Waals surface area contributed by atoms with E-state index in [4.69, 9.17) is 15.6 Å². The van der Waals surface area contributed by atoms with Crippen molar-refractivity contribution in [1.29, 1.82) is 0 Å². The highest BCUT2D eigenvalue weighted by Crippen LogP contribution is 2.11. The normalized spacial score (nSPS) is 10.7. The molecule has 0 aliphatic carbocycles. The molecule has 0 radical (unpaired) electrons. The molecule has 23 heavy (non-hydrogen) atoms. The van der Waals surface area contributed by atoms with Crippen LogP contribution in [0.5, 0.6) is 0 Å². The van der Waals surface area contributed by atoms with Gasteiger partial charge in [-0.1, -0.05) is 42.5 Å². The van der Waals surface area contributed by atoms with E-state index in [1.165, 1.54) is 0 Å². The number of rotatable bonds is 6. The van der Waals surface area contributed by atoms with Crippen molar-refractivity contribution in [1.82, 2.24) is 10.3 Å². The molecule has 0 unspecified atom stereocenters. The van der Waals surface area contributed by atoms with Gasteiger partial charge in [0.1, 0.15) is 12.4 Å². The predicted octanol–water partition coefficient (Wildman–Crippen LogP) is 2.10. The summed E-state index contributed by atoms with van der Waals surface area (Å²) < 4.78 is 5.09. The average Bonchev–Trinajstić information content (AvgIpc) is 2.59. The number of alkyl carbamates (subject to hydrolysis) is 1. The zero-order valence-corrected chi connectivity index (χ0v) is 12.6. The number of nitrogens with two attached hydrogens (primary N) is 1. The fourth-order valence-electron chi connectivity index (χ4n) is 1.87. The van der Waals surface area contributed by atoms with Crippen LogP contribution in [0.2, 0.25) is 0 Å². The van der Waals surface area contributed by atoms with Gasteiger partial charge in [0, 0.05) is 18.3 Å². The van der Waals surface area contributed by atoms with E-state index in [0.717, 1.165) is 11.1 Å². The number of anilines is 1.